The third kappa shape index (κ3) is 7.63. The lowest BCUT2D eigenvalue weighted by Gasteiger charge is -2.19. The Hall–Kier alpha value is -4.15. The van der Waals surface area contributed by atoms with Crippen LogP contribution in [0.15, 0.2) is 77.9 Å². The number of carbonyl (C=O) groups is 2. The maximum absolute atomic E-state index is 12.9. The summed E-state index contributed by atoms with van der Waals surface area (Å²) in [5.41, 5.74) is 4.17. The minimum Gasteiger partial charge on any atom is -0.496 e. The third-order valence-electron chi connectivity index (χ3n) is 7.61. The second-order valence-corrected chi connectivity index (χ2v) is 12.4. The summed E-state index contributed by atoms with van der Waals surface area (Å²) in [6.07, 6.45) is 11.9. The van der Waals surface area contributed by atoms with Crippen molar-refractivity contribution >= 4 is 38.8 Å². The van der Waals surface area contributed by atoms with Crippen LogP contribution in [0.1, 0.15) is 61.0 Å². The summed E-state index contributed by atoms with van der Waals surface area (Å²) < 4.78 is 41.2. The largest absolute Gasteiger partial charge is 0.496 e. The van der Waals surface area contributed by atoms with E-state index in [9.17, 15) is 18.0 Å². The molecule has 10 heteroatoms. The quantitative estimate of drug-likeness (QED) is 0.144. The zero-order valence-electron chi connectivity index (χ0n) is 25.1. The molecule has 0 aliphatic heterocycles. The Balaban J connectivity index is 1.54. The van der Waals surface area contributed by atoms with Gasteiger partial charge in [0.15, 0.2) is 12.5 Å². The number of methoxy groups -OCH3 is 1. The highest BCUT2D eigenvalue weighted by Gasteiger charge is 2.23. The van der Waals surface area contributed by atoms with Crippen LogP contribution in [-0.4, -0.2) is 44.6 Å². The molecule has 1 atom stereocenters. The number of amides is 1. The molecule has 43 heavy (non-hydrogen) atoms. The summed E-state index contributed by atoms with van der Waals surface area (Å²) in [6.45, 7) is 7.06. The average molecular weight is 606 g/mol. The number of anilines is 1. The third-order valence-corrected chi connectivity index (χ3v) is 9.03. The van der Waals surface area contributed by atoms with Gasteiger partial charge in [-0.2, -0.15) is 0 Å². The Labute approximate surface area is 253 Å². The van der Waals surface area contributed by atoms with Crippen molar-refractivity contribution in [3.63, 3.8) is 0 Å². The van der Waals surface area contributed by atoms with Gasteiger partial charge in [-0.1, -0.05) is 43.7 Å². The number of aryl methyl sites for hydroxylation is 1. The van der Waals surface area contributed by atoms with Crippen LogP contribution >= 0.6 is 0 Å². The summed E-state index contributed by atoms with van der Waals surface area (Å²) in [4.78, 5) is 24.4. The lowest BCUT2D eigenvalue weighted by atomic mass is 10.0. The van der Waals surface area contributed by atoms with Crippen LogP contribution in [0.4, 0.5) is 5.69 Å². The van der Waals surface area contributed by atoms with Gasteiger partial charge in [-0.3, -0.25) is 9.59 Å². The van der Waals surface area contributed by atoms with Gasteiger partial charge in [0.05, 0.1) is 18.1 Å². The molecule has 1 unspecified atom stereocenters. The Kier molecular flexibility index (Phi) is 10.3. The Morgan fingerprint density at radius 3 is 2.58 bits per heavy atom. The lowest BCUT2D eigenvalue weighted by molar-refractivity contribution is -0.119. The zero-order valence-corrected chi connectivity index (χ0v) is 25.9. The molecule has 9 nitrogen and oxygen atoms in total. The normalized spacial score (nSPS) is 15.1. The van der Waals surface area contributed by atoms with Gasteiger partial charge in [0, 0.05) is 41.8 Å². The van der Waals surface area contributed by atoms with E-state index in [4.69, 9.17) is 9.47 Å². The van der Waals surface area contributed by atoms with Gasteiger partial charge in [0.1, 0.15) is 5.75 Å². The maximum atomic E-state index is 12.9. The van der Waals surface area contributed by atoms with Crippen molar-refractivity contribution < 1.29 is 27.5 Å². The minimum absolute atomic E-state index is 0.0966. The summed E-state index contributed by atoms with van der Waals surface area (Å²) in [5, 5.41) is 4.20. The predicted octanol–water partition coefficient (Wildman–Crippen LogP) is 5.77. The molecule has 2 aromatic carbocycles. The molecule has 3 aromatic rings. The van der Waals surface area contributed by atoms with Crippen LogP contribution in [0.2, 0.25) is 0 Å². The topological polar surface area (TPSA) is 116 Å². The first kappa shape index (κ1) is 31.8. The van der Waals surface area contributed by atoms with E-state index in [1.54, 1.807) is 37.3 Å². The standard InChI is InChI=1S/C33H39N3O6S/c1-6-7-10-22(2)23(3)43(39,40)35-33(38)25-14-13-24(31(18-25)41-5)17-26-20-36(4)30-16-15-27(19-29(26)30)34-32(21-37)42-28-11-8-9-12-28/h6-7,10,13-16,18-21,28,32,34H,3,8-9,11-12,17H2,1-2,4-5H3,(H,35,38)/b7-6-,22-10-. The van der Waals surface area contributed by atoms with E-state index < -0.39 is 22.2 Å². The lowest BCUT2D eigenvalue weighted by Crippen LogP contribution is -2.31. The van der Waals surface area contributed by atoms with E-state index in [-0.39, 0.29) is 16.6 Å². The van der Waals surface area contributed by atoms with Crippen molar-refractivity contribution in [1.29, 1.82) is 0 Å². The number of hydrogen-bond acceptors (Lipinski definition) is 7. The average Bonchev–Trinajstić information content (AvgIpc) is 3.62. The molecule has 1 aliphatic rings. The van der Waals surface area contributed by atoms with Crippen LogP contribution in [-0.2, 0) is 33.0 Å². The number of allylic oxidation sites excluding steroid dienone is 4. The first-order valence-electron chi connectivity index (χ1n) is 14.2. The molecule has 0 spiro atoms. The fourth-order valence-corrected chi connectivity index (χ4v) is 6.20. The van der Waals surface area contributed by atoms with Crippen molar-refractivity contribution in [2.75, 3.05) is 12.4 Å². The van der Waals surface area contributed by atoms with Gasteiger partial charge in [-0.25, -0.2) is 13.1 Å². The molecule has 1 aromatic heterocycles. The molecular weight excluding hydrogens is 566 g/mol. The number of benzene rings is 2. The van der Waals surface area contributed by atoms with Crippen LogP contribution in [0.3, 0.4) is 0 Å². The first-order valence-corrected chi connectivity index (χ1v) is 15.7. The highest BCUT2D eigenvalue weighted by atomic mass is 32.2. The number of fused-ring (bicyclic) bond motifs is 1. The fraction of sp³-hybridized carbons (Fsp3) is 0.333. The Morgan fingerprint density at radius 1 is 1.16 bits per heavy atom. The molecule has 228 valence electrons. The van der Waals surface area contributed by atoms with E-state index in [0.29, 0.717) is 17.7 Å². The van der Waals surface area contributed by atoms with E-state index >= 15 is 0 Å². The van der Waals surface area contributed by atoms with Gasteiger partial charge >= 0.3 is 0 Å². The first-order chi connectivity index (χ1) is 20.6. The number of hydrogen-bond donors (Lipinski definition) is 2. The monoisotopic (exact) mass is 605 g/mol. The molecule has 0 radical (unpaired) electrons. The van der Waals surface area contributed by atoms with Crippen molar-refractivity contribution in [3.05, 3.63) is 94.6 Å². The van der Waals surface area contributed by atoms with Crippen LogP contribution in [0, 0.1) is 0 Å². The van der Waals surface area contributed by atoms with Gasteiger partial charge in [-0.15, -0.1) is 0 Å². The molecule has 1 heterocycles. The minimum atomic E-state index is -4.14. The maximum Gasteiger partial charge on any atom is 0.265 e. The molecule has 0 bridgehead atoms. The number of nitrogens with one attached hydrogen (secondary N) is 2. The van der Waals surface area contributed by atoms with E-state index in [0.717, 1.165) is 59.7 Å². The van der Waals surface area contributed by atoms with E-state index in [1.165, 1.54) is 13.2 Å². The van der Waals surface area contributed by atoms with Crippen LogP contribution in [0.25, 0.3) is 10.9 Å². The number of sulfonamides is 1. The highest BCUT2D eigenvalue weighted by Crippen LogP contribution is 2.30. The summed E-state index contributed by atoms with van der Waals surface area (Å²) >= 11 is 0. The van der Waals surface area contributed by atoms with Crippen molar-refractivity contribution in [2.45, 2.75) is 58.3 Å². The van der Waals surface area contributed by atoms with Crippen molar-refractivity contribution in [3.8, 4) is 5.75 Å². The molecule has 1 aliphatic carbocycles. The van der Waals surface area contributed by atoms with Gasteiger partial charge in [0.25, 0.3) is 15.9 Å². The predicted molar refractivity (Wildman–Crippen MR) is 170 cm³/mol. The number of carbonyl (C=O) groups excluding carboxylic acids is 2. The van der Waals surface area contributed by atoms with Crippen molar-refractivity contribution in [2.24, 2.45) is 7.05 Å². The zero-order chi connectivity index (χ0) is 31.1. The molecule has 1 fully saturated rings. The van der Waals surface area contributed by atoms with Crippen LogP contribution in [0.5, 0.6) is 5.75 Å². The summed E-state index contributed by atoms with van der Waals surface area (Å²) in [6, 6.07) is 10.8. The van der Waals surface area contributed by atoms with Gasteiger partial charge in [0.2, 0.25) is 0 Å². The molecule has 0 saturated heterocycles. The second kappa shape index (κ2) is 13.9. The Bertz CT molecular complexity index is 1680. The number of ether oxygens (including phenoxy) is 2. The number of nitrogens with zero attached hydrogens (tertiary/aromatic N) is 1. The summed E-state index contributed by atoms with van der Waals surface area (Å²) in [7, 11) is -0.669. The fourth-order valence-electron chi connectivity index (χ4n) is 5.23. The second-order valence-electron chi connectivity index (χ2n) is 10.7. The van der Waals surface area contributed by atoms with Crippen molar-refractivity contribution in [1.82, 2.24) is 9.29 Å². The highest BCUT2D eigenvalue weighted by molar-refractivity contribution is 7.94. The number of aromatic nitrogens is 1. The number of aldehydes is 1. The van der Waals surface area contributed by atoms with Crippen LogP contribution < -0.4 is 14.8 Å². The molecular formula is C33H39N3O6S. The van der Waals surface area contributed by atoms with Gasteiger partial charge < -0.3 is 19.4 Å². The molecule has 2 N–H and O–H groups in total. The molecule has 1 saturated carbocycles. The molecule has 1 amide bonds. The van der Waals surface area contributed by atoms with E-state index in [1.807, 2.05) is 42.9 Å². The Morgan fingerprint density at radius 2 is 1.91 bits per heavy atom. The number of rotatable bonds is 13. The van der Waals surface area contributed by atoms with Gasteiger partial charge in [-0.05, 0) is 73.7 Å². The smallest absolute Gasteiger partial charge is 0.265 e. The van der Waals surface area contributed by atoms with E-state index in [2.05, 4.69) is 16.6 Å². The molecule has 4 rings (SSSR count). The SMILES string of the molecule is C=C(/C(C)=C\C=C/C)S(=O)(=O)NC(=O)c1ccc(Cc2cn(C)c3ccc(NC(C=O)OC4CCCC4)cc23)c(OC)c1. The summed E-state index contributed by atoms with van der Waals surface area (Å²) in [5.74, 6) is -0.333.